The summed E-state index contributed by atoms with van der Waals surface area (Å²) in [5.74, 6) is -0.123. The number of hydrogen-bond donors (Lipinski definition) is 2. The van der Waals surface area contributed by atoms with Crippen molar-refractivity contribution in [1.82, 2.24) is 0 Å². The Hall–Kier alpha value is -1.07. The summed E-state index contributed by atoms with van der Waals surface area (Å²) in [6, 6.07) is 4.06. The zero-order valence-electron chi connectivity index (χ0n) is 14.1. The van der Waals surface area contributed by atoms with Crippen LogP contribution in [0, 0.1) is 0 Å². The number of unbranched alkanes of at least 4 members (excludes halogenated alkanes) is 9. The molecule has 0 bridgehead atoms. The third kappa shape index (κ3) is 8.96. The summed E-state index contributed by atoms with van der Waals surface area (Å²) in [5, 5.41) is 9.54. The summed E-state index contributed by atoms with van der Waals surface area (Å²) in [6.07, 6.45) is 13.2. The van der Waals surface area contributed by atoms with Gasteiger partial charge in [-0.1, -0.05) is 64.7 Å². The number of benzene rings is 1. The average molecular weight is 343 g/mol. The Bertz CT molecular complexity index is 552. The van der Waals surface area contributed by atoms with E-state index in [-0.39, 0.29) is 10.6 Å². The summed E-state index contributed by atoms with van der Waals surface area (Å²) < 4.78 is 31.3. The Labute approximate surface area is 140 Å². The second kappa shape index (κ2) is 10.7. The minimum absolute atomic E-state index is 0.123. The van der Waals surface area contributed by atoms with Gasteiger partial charge in [0.1, 0.15) is 5.75 Å². The second-order valence-corrected chi connectivity index (χ2v) is 7.66. The van der Waals surface area contributed by atoms with Gasteiger partial charge in [-0.05, 0) is 30.5 Å². The molecule has 0 unspecified atom stereocenters. The lowest BCUT2D eigenvalue weighted by atomic mass is 10.0. The molecule has 0 fully saturated rings. The molecule has 23 heavy (non-hydrogen) atoms. The molecule has 1 rings (SSSR count). The van der Waals surface area contributed by atoms with Gasteiger partial charge in [0, 0.05) is 6.07 Å². The molecule has 0 spiro atoms. The number of aryl methyl sites for hydroxylation is 1. The lowest BCUT2D eigenvalue weighted by Crippen LogP contribution is -1.99. The Morgan fingerprint density at radius 2 is 1.35 bits per heavy atom. The standard InChI is InChI=1S/C18H30O4S/c1-2-3-4-5-6-7-8-9-10-11-12-16-13-17(19)15-18(14-16)23(20,21)22/h13-15,19H,2-12H2,1H3,(H,20,21,22). The van der Waals surface area contributed by atoms with E-state index in [1.54, 1.807) is 6.07 Å². The van der Waals surface area contributed by atoms with Crippen LogP contribution in [0.15, 0.2) is 23.1 Å². The van der Waals surface area contributed by atoms with Crippen LogP contribution in [0.1, 0.15) is 76.7 Å². The van der Waals surface area contributed by atoms with Crippen LogP contribution in [-0.4, -0.2) is 18.1 Å². The smallest absolute Gasteiger partial charge is 0.294 e. The minimum Gasteiger partial charge on any atom is -0.508 e. The highest BCUT2D eigenvalue weighted by Gasteiger charge is 2.11. The van der Waals surface area contributed by atoms with Crippen molar-refractivity contribution < 1.29 is 18.1 Å². The van der Waals surface area contributed by atoms with Gasteiger partial charge < -0.3 is 5.11 Å². The SMILES string of the molecule is CCCCCCCCCCCCc1cc(O)cc(S(=O)(=O)O)c1. The normalized spacial score (nSPS) is 11.7. The van der Waals surface area contributed by atoms with Crippen LogP contribution in [0.25, 0.3) is 0 Å². The molecule has 1 aromatic carbocycles. The van der Waals surface area contributed by atoms with Crippen LogP contribution in [0.4, 0.5) is 0 Å². The highest BCUT2D eigenvalue weighted by molar-refractivity contribution is 7.85. The molecule has 0 saturated carbocycles. The van der Waals surface area contributed by atoms with E-state index in [4.69, 9.17) is 4.55 Å². The van der Waals surface area contributed by atoms with Crippen LogP contribution < -0.4 is 0 Å². The van der Waals surface area contributed by atoms with Gasteiger partial charge in [0.15, 0.2) is 0 Å². The molecule has 0 aliphatic rings. The molecule has 5 heteroatoms. The topological polar surface area (TPSA) is 74.6 Å². The number of phenolic OH excluding ortho intramolecular Hbond substituents is 1. The highest BCUT2D eigenvalue weighted by atomic mass is 32.2. The molecule has 1 aromatic rings. The van der Waals surface area contributed by atoms with Gasteiger partial charge in [-0.15, -0.1) is 0 Å². The first kappa shape index (κ1) is 20.0. The molecule has 0 radical (unpaired) electrons. The van der Waals surface area contributed by atoms with Crippen molar-refractivity contribution in [1.29, 1.82) is 0 Å². The van der Waals surface area contributed by atoms with E-state index in [1.165, 1.54) is 57.4 Å². The van der Waals surface area contributed by atoms with E-state index in [1.807, 2.05) is 0 Å². The molecular weight excluding hydrogens is 312 g/mol. The molecule has 0 atom stereocenters. The van der Waals surface area contributed by atoms with E-state index in [2.05, 4.69) is 6.92 Å². The lowest BCUT2D eigenvalue weighted by molar-refractivity contribution is 0.465. The van der Waals surface area contributed by atoms with Gasteiger partial charge in [0.25, 0.3) is 10.1 Å². The molecule has 0 heterocycles. The third-order valence-corrected chi connectivity index (χ3v) is 4.90. The highest BCUT2D eigenvalue weighted by Crippen LogP contribution is 2.21. The zero-order valence-corrected chi connectivity index (χ0v) is 14.9. The number of phenols is 1. The fourth-order valence-corrected chi connectivity index (χ4v) is 3.32. The van der Waals surface area contributed by atoms with Crippen LogP contribution in [0.5, 0.6) is 5.75 Å². The van der Waals surface area contributed by atoms with Crippen LogP contribution >= 0.6 is 0 Å². The Morgan fingerprint density at radius 1 is 0.826 bits per heavy atom. The second-order valence-electron chi connectivity index (χ2n) is 6.24. The van der Waals surface area contributed by atoms with E-state index >= 15 is 0 Å². The Morgan fingerprint density at radius 3 is 1.87 bits per heavy atom. The van der Waals surface area contributed by atoms with E-state index in [9.17, 15) is 13.5 Å². The van der Waals surface area contributed by atoms with Crippen molar-refractivity contribution in [3.8, 4) is 5.75 Å². The molecular formula is C18H30O4S. The lowest BCUT2D eigenvalue weighted by Gasteiger charge is -2.06. The van der Waals surface area contributed by atoms with Crippen LogP contribution in [0.3, 0.4) is 0 Å². The summed E-state index contributed by atoms with van der Waals surface area (Å²) in [7, 11) is -4.26. The maximum absolute atomic E-state index is 11.1. The summed E-state index contributed by atoms with van der Waals surface area (Å²) in [5.41, 5.74) is 0.747. The van der Waals surface area contributed by atoms with Crippen molar-refractivity contribution >= 4 is 10.1 Å². The first-order valence-electron chi connectivity index (χ1n) is 8.74. The molecule has 0 amide bonds. The predicted molar refractivity (Wildman–Crippen MR) is 93.5 cm³/mol. The van der Waals surface area contributed by atoms with Gasteiger partial charge in [-0.25, -0.2) is 0 Å². The molecule has 2 N–H and O–H groups in total. The zero-order chi connectivity index (χ0) is 17.1. The molecule has 4 nitrogen and oxygen atoms in total. The van der Waals surface area contributed by atoms with Crippen molar-refractivity contribution in [2.45, 2.75) is 82.4 Å². The fraction of sp³-hybridized carbons (Fsp3) is 0.667. The Balaban J connectivity index is 2.20. The summed E-state index contributed by atoms with van der Waals surface area (Å²) in [4.78, 5) is -0.237. The van der Waals surface area contributed by atoms with E-state index < -0.39 is 10.1 Å². The number of rotatable bonds is 12. The Kier molecular flexibility index (Phi) is 9.26. The maximum Gasteiger partial charge on any atom is 0.294 e. The molecule has 0 aliphatic heterocycles. The third-order valence-electron chi connectivity index (χ3n) is 4.07. The quantitative estimate of drug-likeness (QED) is 0.409. The van der Waals surface area contributed by atoms with Crippen molar-refractivity contribution in [3.63, 3.8) is 0 Å². The predicted octanol–water partition coefficient (Wildman–Crippen LogP) is 5.10. The first-order valence-corrected chi connectivity index (χ1v) is 10.2. The number of aromatic hydroxyl groups is 1. The summed E-state index contributed by atoms with van der Waals surface area (Å²) >= 11 is 0. The van der Waals surface area contributed by atoms with Crippen molar-refractivity contribution in [2.75, 3.05) is 0 Å². The largest absolute Gasteiger partial charge is 0.508 e. The van der Waals surface area contributed by atoms with Gasteiger partial charge >= 0.3 is 0 Å². The molecule has 0 saturated heterocycles. The summed E-state index contributed by atoms with van der Waals surface area (Å²) in [6.45, 7) is 2.23. The monoisotopic (exact) mass is 342 g/mol. The maximum atomic E-state index is 11.1. The number of hydrogen-bond acceptors (Lipinski definition) is 3. The minimum atomic E-state index is -4.26. The van der Waals surface area contributed by atoms with E-state index in [0.29, 0.717) is 6.42 Å². The molecule has 132 valence electrons. The van der Waals surface area contributed by atoms with Gasteiger partial charge in [-0.3, -0.25) is 4.55 Å². The van der Waals surface area contributed by atoms with E-state index in [0.717, 1.165) is 24.5 Å². The van der Waals surface area contributed by atoms with Gasteiger partial charge in [0.2, 0.25) is 0 Å². The van der Waals surface area contributed by atoms with Crippen LogP contribution in [0.2, 0.25) is 0 Å². The van der Waals surface area contributed by atoms with Gasteiger partial charge in [0.05, 0.1) is 4.90 Å². The van der Waals surface area contributed by atoms with Crippen molar-refractivity contribution in [2.24, 2.45) is 0 Å². The van der Waals surface area contributed by atoms with Crippen LogP contribution in [-0.2, 0) is 16.5 Å². The average Bonchev–Trinajstić information content (AvgIpc) is 2.48. The fourth-order valence-electron chi connectivity index (χ4n) is 2.75. The molecule has 0 aromatic heterocycles. The van der Waals surface area contributed by atoms with Crippen molar-refractivity contribution in [3.05, 3.63) is 23.8 Å². The van der Waals surface area contributed by atoms with Gasteiger partial charge in [-0.2, -0.15) is 8.42 Å². The first-order chi connectivity index (χ1) is 10.9. The molecule has 0 aliphatic carbocycles.